The lowest BCUT2D eigenvalue weighted by Gasteiger charge is -2.19. The van der Waals surface area contributed by atoms with Crippen LogP contribution in [0.1, 0.15) is 79.0 Å². The zero-order valence-electron chi connectivity index (χ0n) is 24.0. The van der Waals surface area contributed by atoms with Crippen LogP contribution >= 0.6 is 0 Å². The second kappa shape index (κ2) is 8.62. The van der Waals surface area contributed by atoms with Gasteiger partial charge in [-0.05, 0) is 80.5 Å². The SMILES string of the molecule is CC(C)(C)c1ccc(-c2ccc(-n3c4ccc(C(C)(C)C)cc4c4cc(C(C)(C)C)ccc43)cc2)cc1. The Kier molecular flexibility index (Phi) is 5.90. The molecule has 5 aromatic rings. The molecule has 1 heterocycles. The van der Waals surface area contributed by atoms with Crippen LogP contribution in [0.3, 0.4) is 0 Å². The third-order valence-corrected chi connectivity index (χ3v) is 7.71. The van der Waals surface area contributed by atoms with Crippen molar-refractivity contribution in [3.63, 3.8) is 0 Å². The third-order valence-electron chi connectivity index (χ3n) is 7.71. The van der Waals surface area contributed by atoms with Crippen LogP contribution in [0.15, 0.2) is 84.9 Å². The molecule has 0 spiro atoms. The predicted octanol–water partition coefficient (Wildman–Crippen LogP) is 10.3. The molecule has 0 fully saturated rings. The van der Waals surface area contributed by atoms with Crippen molar-refractivity contribution in [3.05, 3.63) is 102 Å². The molecule has 5 rings (SSSR count). The van der Waals surface area contributed by atoms with Gasteiger partial charge in [0.2, 0.25) is 0 Å². The predicted molar refractivity (Wildman–Crippen MR) is 162 cm³/mol. The number of nitrogens with zero attached hydrogens (tertiary/aromatic N) is 1. The van der Waals surface area contributed by atoms with Gasteiger partial charge in [0, 0.05) is 16.5 Å². The Bertz CT molecular complexity index is 1500. The molecule has 0 aliphatic heterocycles. The van der Waals surface area contributed by atoms with Crippen molar-refractivity contribution < 1.29 is 0 Å². The highest BCUT2D eigenvalue weighted by Crippen LogP contribution is 2.38. The van der Waals surface area contributed by atoms with Crippen molar-refractivity contribution in [2.45, 2.75) is 78.6 Å². The van der Waals surface area contributed by atoms with Gasteiger partial charge in [0.1, 0.15) is 0 Å². The maximum Gasteiger partial charge on any atom is 0.0541 e. The average molecular weight is 488 g/mol. The van der Waals surface area contributed by atoms with E-state index < -0.39 is 0 Å². The van der Waals surface area contributed by atoms with Crippen molar-refractivity contribution in [1.82, 2.24) is 4.57 Å². The van der Waals surface area contributed by atoms with E-state index in [1.807, 2.05) is 0 Å². The Labute approximate surface area is 223 Å². The van der Waals surface area contributed by atoms with Crippen LogP contribution in [-0.4, -0.2) is 4.57 Å². The van der Waals surface area contributed by atoms with Crippen molar-refractivity contribution in [1.29, 1.82) is 0 Å². The summed E-state index contributed by atoms with van der Waals surface area (Å²) in [5.41, 5.74) is 10.7. The molecule has 4 aromatic carbocycles. The molecule has 0 radical (unpaired) electrons. The number of aromatic nitrogens is 1. The number of benzene rings is 4. The summed E-state index contributed by atoms with van der Waals surface area (Å²) < 4.78 is 2.43. The number of hydrogen-bond acceptors (Lipinski definition) is 0. The van der Waals surface area contributed by atoms with Gasteiger partial charge in [0.15, 0.2) is 0 Å². The molecule has 0 unspecified atom stereocenters. The van der Waals surface area contributed by atoms with E-state index in [0.29, 0.717) is 0 Å². The summed E-state index contributed by atoms with van der Waals surface area (Å²) in [7, 11) is 0. The van der Waals surface area contributed by atoms with E-state index in [1.54, 1.807) is 0 Å². The van der Waals surface area contributed by atoms with Gasteiger partial charge in [-0.2, -0.15) is 0 Å². The number of fused-ring (bicyclic) bond motifs is 3. The summed E-state index contributed by atoms with van der Waals surface area (Å²) in [5.74, 6) is 0. The zero-order valence-corrected chi connectivity index (χ0v) is 24.0. The summed E-state index contributed by atoms with van der Waals surface area (Å²) in [6, 6.07) is 32.1. The molecular weight excluding hydrogens is 446 g/mol. The molecule has 0 aliphatic carbocycles. The van der Waals surface area contributed by atoms with Crippen LogP contribution in [0.2, 0.25) is 0 Å². The van der Waals surface area contributed by atoms with E-state index in [2.05, 4.69) is 152 Å². The van der Waals surface area contributed by atoms with Gasteiger partial charge in [0.05, 0.1) is 11.0 Å². The highest BCUT2D eigenvalue weighted by molar-refractivity contribution is 6.09. The number of rotatable bonds is 2. The van der Waals surface area contributed by atoms with Crippen LogP contribution in [0.25, 0.3) is 38.6 Å². The van der Waals surface area contributed by atoms with E-state index in [1.165, 1.54) is 55.3 Å². The van der Waals surface area contributed by atoms with Crippen molar-refractivity contribution >= 4 is 21.8 Å². The zero-order chi connectivity index (χ0) is 26.8. The quantitative estimate of drug-likeness (QED) is 0.233. The molecule has 37 heavy (non-hydrogen) atoms. The highest BCUT2D eigenvalue weighted by atomic mass is 15.0. The molecule has 0 aliphatic rings. The van der Waals surface area contributed by atoms with Gasteiger partial charge in [0.25, 0.3) is 0 Å². The molecule has 190 valence electrons. The fraction of sp³-hybridized carbons (Fsp3) is 0.333. The standard InChI is InChI=1S/C36H41N/c1-34(2,3)26-14-10-24(11-15-26)25-12-18-29(19-13-25)37-32-20-16-27(35(4,5)6)22-30(32)31-23-28(36(7,8)9)17-21-33(31)37/h10-23H,1-9H3. The monoisotopic (exact) mass is 487 g/mol. The fourth-order valence-electron chi connectivity index (χ4n) is 5.20. The molecule has 0 saturated heterocycles. The van der Waals surface area contributed by atoms with E-state index in [0.717, 1.165) is 0 Å². The second-order valence-corrected chi connectivity index (χ2v) is 13.7. The first-order chi connectivity index (χ1) is 17.2. The molecule has 0 bridgehead atoms. The Balaban J connectivity index is 1.66. The molecule has 0 N–H and O–H groups in total. The molecule has 0 amide bonds. The lowest BCUT2D eigenvalue weighted by atomic mass is 9.85. The fourth-order valence-corrected chi connectivity index (χ4v) is 5.20. The number of hydrogen-bond donors (Lipinski definition) is 0. The molecule has 0 saturated carbocycles. The third kappa shape index (κ3) is 4.73. The Morgan fingerprint density at radius 3 is 1.14 bits per heavy atom. The summed E-state index contributed by atoms with van der Waals surface area (Å²) in [4.78, 5) is 0. The Morgan fingerprint density at radius 2 is 0.757 bits per heavy atom. The minimum atomic E-state index is 0.106. The lowest BCUT2D eigenvalue weighted by molar-refractivity contribution is 0.590. The second-order valence-electron chi connectivity index (χ2n) is 13.7. The largest absolute Gasteiger partial charge is 0.309 e. The summed E-state index contributed by atoms with van der Waals surface area (Å²) in [6.07, 6.45) is 0. The Morgan fingerprint density at radius 1 is 0.405 bits per heavy atom. The molecular formula is C36H41N. The van der Waals surface area contributed by atoms with Crippen molar-refractivity contribution in [2.24, 2.45) is 0 Å². The van der Waals surface area contributed by atoms with Gasteiger partial charge in [-0.15, -0.1) is 0 Å². The maximum atomic E-state index is 2.43. The van der Waals surface area contributed by atoms with Gasteiger partial charge < -0.3 is 4.57 Å². The van der Waals surface area contributed by atoms with Crippen molar-refractivity contribution in [3.8, 4) is 16.8 Å². The molecule has 0 atom stereocenters. The van der Waals surface area contributed by atoms with Crippen LogP contribution < -0.4 is 0 Å². The van der Waals surface area contributed by atoms with Gasteiger partial charge >= 0.3 is 0 Å². The van der Waals surface area contributed by atoms with Crippen LogP contribution in [-0.2, 0) is 16.2 Å². The molecule has 1 aromatic heterocycles. The lowest BCUT2D eigenvalue weighted by Crippen LogP contribution is -2.10. The maximum absolute atomic E-state index is 2.43. The minimum Gasteiger partial charge on any atom is -0.309 e. The summed E-state index contributed by atoms with van der Waals surface area (Å²) in [5, 5.41) is 2.66. The van der Waals surface area contributed by atoms with E-state index in [-0.39, 0.29) is 16.2 Å². The molecule has 1 heteroatoms. The summed E-state index contributed by atoms with van der Waals surface area (Å²) >= 11 is 0. The van der Waals surface area contributed by atoms with E-state index >= 15 is 0 Å². The van der Waals surface area contributed by atoms with Gasteiger partial charge in [-0.1, -0.05) is 111 Å². The van der Waals surface area contributed by atoms with Gasteiger partial charge in [-0.3, -0.25) is 0 Å². The van der Waals surface area contributed by atoms with Crippen LogP contribution in [0.5, 0.6) is 0 Å². The smallest absolute Gasteiger partial charge is 0.0541 e. The first-order valence-electron chi connectivity index (χ1n) is 13.5. The molecule has 1 nitrogen and oxygen atoms in total. The van der Waals surface area contributed by atoms with Crippen molar-refractivity contribution in [2.75, 3.05) is 0 Å². The van der Waals surface area contributed by atoms with Gasteiger partial charge in [-0.25, -0.2) is 0 Å². The first-order valence-corrected chi connectivity index (χ1v) is 13.5. The average Bonchev–Trinajstić information content (AvgIpc) is 3.16. The first kappa shape index (κ1) is 25.3. The normalized spacial score (nSPS) is 13.0. The van der Waals surface area contributed by atoms with E-state index in [9.17, 15) is 0 Å². The Hall–Kier alpha value is -3.32. The minimum absolute atomic E-state index is 0.106. The highest BCUT2D eigenvalue weighted by Gasteiger charge is 2.21. The topological polar surface area (TPSA) is 4.93 Å². The van der Waals surface area contributed by atoms with Crippen LogP contribution in [0, 0.1) is 0 Å². The van der Waals surface area contributed by atoms with E-state index in [4.69, 9.17) is 0 Å². The van der Waals surface area contributed by atoms with Crippen LogP contribution in [0.4, 0.5) is 0 Å². The summed E-state index contributed by atoms with van der Waals surface area (Å²) in [6.45, 7) is 20.5.